The quantitative estimate of drug-likeness (QED) is 0.888. The van der Waals surface area contributed by atoms with Crippen molar-refractivity contribution in [2.24, 2.45) is 5.14 Å². The highest BCUT2D eigenvalue weighted by molar-refractivity contribution is 7.89. The second-order valence-corrected chi connectivity index (χ2v) is 6.64. The molecule has 0 saturated carbocycles. The van der Waals surface area contributed by atoms with Gasteiger partial charge < -0.3 is 9.73 Å². The Hall–Kier alpha value is -1.79. The van der Waals surface area contributed by atoms with E-state index in [1.807, 2.05) is 32.9 Å². The van der Waals surface area contributed by atoms with Crippen LogP contribution in [0, 0.1) is 13.8 Å². The fraction of sp³-hybridized carbons (Fsp3) is 0.333. The summed E-state index contributed by atoms with van der Waals surface area (Å²) in [5.74, 6) is 0.815. The number of nitrogens with one attached hydrogen (secondary N) is 1. The molecule has 114 valence electrons. The second-order valence-electron chi connectivity index (χ2n) is 5.08. The summed E-state index contributed by atoms with van der Waals surface area (Å²) in [6.45, 7) is 5.84. The van der Waals surface area contributed by atoms with Gasteiger partial charge in [-0.15, -0.1) is 0 Å². The molecule has 0 saturated heterocycles. The molecule has 1 aromatic heterocycles. The van der Waals surface area contributed by atoms with Gasteiger partial charge in [-0.2, -0.15) is 0 Å². The Bertz CT molecular complexity index is 722. The largest absolute Gasteiger partial charge is 0.467 e. The van der Waals surface area contributed by atoms with Gasteiger partial charge in [-0.05, 0) is 55.7 Å². The average Bonchev–Trinajstić information content (AvgIpc) is 2.93. The predicted octanol–water partition coefficient (Wildman–Crippen LogP) is 3.11. The fourth-order valence-corrected chi connectivity index (χ4v) is 2.82. The van der Waals surface area contributed by atoms with E-state index in [0.29, 0.717) is 0 Å². The highest BCUT2D eigenvalue weighted by atomic mass is 32.2. The van der Waals surface area contributed by atoms with E-state index < -0.39 is 10.0 Å². The Kier molecular flexibility index (Phi) is 4.39. The third-order valence-electron chi connectivity index (χ3n) is 3.59. The van der Waals surface area contributed by atoms with Gasteiger partial charge in [-0.25, -0.2) is 13.6 Å². The van der Waals surface area contributed by atoms with Crippen LogP contribution in [-0.4, -0.2) is 8.42 Å². The van der Waals surface area contributed by atoms with Crippen LogP contribution in [0.3, 0.4) is 0 Å². The molecule has 1 heterocycles. The van der Waals surface area contributed by atoms with Crippen molar-refractivity contribution in [3.63, 3.8) is 0 Å². The number of rotatable bonds is 5. The van der Waals surface area contributed by atoms with Crippen molar-refractivity contribution < 1.29 is 12.8 Å². The predicted molar refractivity (Wildman–Crippen MR) is 82.7 cm³/mol. The van der Waals surface area contributed by atoms with Crippen LogP contribution >= 0.6 is 0 Å². The number of primary sulfonamides is 1. The maximum Gasteiger partial charge on any atom is 0.238 e. The summed E-state index contributed by atoms with van der Waals surface area (Å²) < 4.78 is 28.5. The van der Waals surface area contributed by atoms with Crippen LogP contribution < -0.4 is 10.5 Å². The molecule has 1 atom stereocenters. The SMILES string of the molecule is CCC(Nc1cc(S(N)(=O)=O)cc(C)c1C)c1ccco1. The van der Waals surface area contributed by atoms with Gasteiger partial charge in [-0.3, -0.25) is 0 Å². The summed E-state index contributed by atoms with van der Waals surface area (Å²) in [4.78, 5) is 0.113. The minimum absolute atomic E-state index is 0.0196. The van der Waals surface area contributed by atoms with Gasteiger partial charge in [0.15, 0.2) is 0 Å². The highest BCUT2D eigenvalue weighted by Gasteiger charge is 2.17. The number of aryl methyl sites for hydroxylation is 1. The number of sulfonamides is 1. The smallest absolute Gasteiger partial charge is 0.238 e. The normalized spacial score (nSPS) is 13.1. The van der Waals surface area contributed by atoms with E-state index in [0.717, 1.165) is 29.0 Å². The van der Waals surface area contributed by atoms with E-state index in [9.17, 15) is 8.42 Å². The second kappa shape index (κ2) is 5.91. The van der Waals surface area contributed by atoms with E-state index in [-0.39, 0.29) is 10.9 Å². The summed E-state index contributed by atoms with van der Waals surface area (Å²) in [6.07, 6.45) is 2.43. The Morgan fingerprint density at radius 2 is 2.05 bits per heavy atom. The zero-order valence-electron chi connectivity index (χ0n) is 12.4. The summed E-state index contributed by atoms with van der Waals surface area (Å²) >= 11 is 0. The average molecular weight is 308 g/mol. The molecule has 5 nitrogen and oxygen atoms in total. The fourth-order valence-electron chi connectivity index (χ4n) is 2.19. The number of benzene rings is 1. The lowest BCUT2D eigenvalue weighted by molar-refractivity contribution is 0.474. The van der Waals surface area contributed by atoms with Crippen molar-refractivity contribution >= 4 is 15.7 Å². The van der Waals surface area contributed by atoms with Gasteiger partial charge >= 0.3 is 0 Å². The molecule has 0 radical (unpaired) electrons. The molecule has 6 heteroatoms. The first kappa shape index (κ1) is 15.6. The molecule has 3 N–H and O–H groups in total. The third-order valence-corrected chi connectivity index (χ3v) is 4.49. The number of anilines is 1. The summed E-state index contributed by atoms with van der Waals surface area (Å²) in [5, 5.41) is 8.57. The zero-order valence-corrected chi connectivity index (χ0v) is 13.2. The minimum Gasteiger partial charge on any atom is -0.467 e. The number of hydrogen-bond donors (Lipinski definition) is 2. The Morgan fingerprint density at radius 3 is 2.57 bits per heavy atom. The molecule has 0 bridgehead atoms. The maximum absolute atomic E-state index is 11.6. The van der Waals surface area contributed by atoms with E-state index >= 15 is 0 Å². The first-order chi connectivity index (χ1) is 9.82. The summed E-state index contributed by atoms with van der Waals surface area (Å²) in [5.41, 5.74) is 2.62. The van der Waals surface area contributed by atoms with Crippen LogP contribution in [0.15, 0.2) is 39.8 Å². The topological polar surface area (TPSA) is 85.3 Å². The molecule has 0 fully saturated rings. The van der Waals surface area contributed by atoms with Gasteiger partial charge in [0.2, 0.25) is 10.0 Å². The highest BCUT2D eigenvalue weighted by Crippen LogP contribution is 2.29. The van der Waals surface area contributed by atoms with E-state index in [4.69, 9.17) is 9.56 Å². The van der Waals surface area contributed by atoms with Crippen molar-refractivity contribution in [3.05, 3.63) is 47.4 Å². The lowest BCUT2D eigenvalue weighted by Crippen LogP contribution is -2.15. The molecule has 21 heavy (non-hydrogen) atoms. The molecule has 1 aromatic carbocycles. The van der Waals surface area contributed by atoms with Gasteiger partial charge in [0.1, 0.15) is 5.76 Å². The molecular weight excluding hydrogens is 288 g/mol. The van der Waals surface area contributed by atoms with Gasteiger partial charge in [0.25, 0.3) is 0 Å². The van der Waals surface area contributed by atoms with Crippen LogP contribution in [0.25, 0.3) is 0 Å². The van der Waals surface area contributed by atoms with Gasteiger partial charge in [0, 0.05) is 5.69 Å². The van der Waals surface area contributed by atoms with Crippen molar-refractivity contribution in [1.82, 2.24) is 0 Å². The first-order valence-electron chi connectivity index (χ1n) is 6.77. The maximum atomic E-state index is 11.6. The monoisotopic (exact) mass is 308 g/mol. The van der Waals surface area contributed by atoms with Crippen LogP contribution in [0.5, 0.6) is 0 Å². The number of hydrogen-bond acceptors (Lipinski definition) is 4. The van der Waals surface area contributed by atoms with Crippen LogP contribution in [0.1, 0.15) is 36.3 Å². The van der Waals surface area contributed by atoms with Gasteiger partial charge in [0.05, 0.1) is 17.2 Å². The molecule has 2 aromatic rings. The van der Waals surface area contributed by atoms with Crippen molar-refractivity contribution in [3.8, 4) is 0 Å². The lowest BCUT2D eigenvalue weighted by Gasteiger charge is -2.19. The van der Waals surface area contributed by atoms with E-state index in [1.165, 1.54) is 0 Å². The first-order valence-corrected chi connectivity index (χ1v) is 8.31. The zero-order chi connectivity index (χ0) is 15.6. The summed E-state index contributed by atoms with van der Waals surface area (Å²) in [7, 11) is -3.72. The van der Waals surface area contributed by atoms with Crippen molar-refractivity contribution in [1.29, 1.82) is 0 Å². The van der Waals surface area contributed by atoms with Crippen LogP contribution in [0.2, 0.25) is 0 Å². The Morgan fingerprint density at radius 1 is 1.33 bits per heavy atom. The van der Waals surface area contributed by atoms with E-state index in [2.05, 4.69) is 5.32 Å². The lowest BCUT2D eigenvalue weighted by atomic mass is 10.1. The number of furan rings is 1. The van der Waals surface area contributed by atoms with E-state index in [1.54, 1.807) is 18.4 Å². The molecular formula is C15H20N2O3S. The van der Waals surface area contributed by atoms with Gasteiger partial charge in [-0.1, -0.05) is 6.92 Å². The molecule has 0 aliphatic heterocycles. The molecule has 1 unspecified atom stereocenters. The third kappa shape index (κ3) is 3.46. The standard InChI is InChI=1S/C15H20N2O3S/c1-4-13(15-6-5-7-20-15)17-14-9-12(21(16,18)19)8-10(2)11(14)3/h5-9,13,17H,4H2,1-3H3,(H2,16,18,19). The molecule has 0 amide bonds. The summed E-state index contributed by atoms with van der Waals surface area (Å²) in [6, 6.07) is 6.87. The molecule has 0 aliphatic rings. The molecule has 0 aliphatic carbocycles. The van der Waals surface area contributed by atoms with Crippen LogP contribution in [0.4, 0.5) is 5.69 Å². The number of nitrogens with two attached hydrogens (primary N) is 1. The minimum atomic E-state index is -3.72. The molecule has 2 rings (SSSR count). The Labute approximate surface area is 125 Å². The van der Waals surface area contributed by atoms with Crippen molar-refractivity contribution in [2.75, 3.05) is 5.32 Å². The Balaban J connectivity index is 2.41. The molecule has 0 spiro atoms. The van der Waals surface area contributed by atoms with Crippen LogP contribution in [-0.2, 0) is 10.0 Å². The van der Waals surface area contributed by atoms with Crippen molar-refractivity contribution in [2.45, 2.75) is 38.1 Å².